The Balaban J connectivity index is 1.91. The molecule has 12 heteroatoms. The Bertz CT molecular complexity index is 950. The van der Waals surface area contributed by atoms with Crippen LogP contribution in [0.2, 0.25) is 0 Å². The maximum Gasteiger partial charge on any atom is 0.336 e. The van der Waals surface area contributed by atoms with Crippen LogP contribution in [0.15, 0.2) is 29.4 Å². The smallest absolute Gasteiger partial charge is 0.336 e. The van der Waals surface area contributed by atoms with Crippen LogP contribution in [-0.2, 0) is 21.0 Å². The predicted molar refractivity (Wildman–Crippen MR) is 101 cm³/mol. The molecule has 1 aromatic heterocycles. The molecule has 1 aromatic carbocycles. The Morgan fingerprint density at radius 2 is 1.90 bits per heavy atom. The predicted octanol–water partition coefficient (Wildman–Crippen LogP) is 0.526. The van der Waals surface area contributed by atoms with Crippen molar-refractivity contribution >= 4 is 23.4 Å². The summed E-state index contributed by atoms with van der Waals surface area (Å²) in [5.74, 6) is -0.903. The second-order valence-corrected chi connectivity index (χ2v) is 5.97. The first-order valence-corrected chi connectivity index (χ1v) is 8.42. The SMILES string of the molecule is Cc1nn(CCC(=O)O/N=C(\N)c2ccc(OCC(N)=O)cc2)c(C)c1[N+](=O)[O-]. The second kappa shape index (κ2) is 9.30. The van der Waals surface area contributed by atoms with Crippen LogP contribution in [-0.4, -0.2) is 39.0 Å². The molecule has 0 aliphatic rings. The zero-order chi connectivity index (χ0) is 21.6. The van der Waals surface area contributed by atoms with Crippen LogP contribution in [0.1, 0.15) is 23.4 Å². The molecule has 0 unspecified atom stereocenters. The number of aryl methyl sites for hydroxylation is 2. The van der Waals surface area contributed by atoms with Gasteiger partial charge in [0.25, 0.3) is 5.91 Å². The largest absolute Gasteiger partial charge is 0.484 e. The summed E-state index contributed by atoms with van der Waals surface area (Å²) >= 11 is 0. The number of hydrogen-bond donors (Lipinski definition) is 2. The van der Waals surface area contributed by atoms with Gasteiger partial charge in [0, 0.05) is 5.56 Å². The van der Waals surface area contributed by atoms with Crippen LogP contribution in [0, 0.1) is 24.0 Å². The molecule has 0 saturated carbocycles. The van der Waals surface area contributed by atoms with E-state index in [0.29, 0.717) is 17.0 Å². The number of nitrogens with two attached hydrogens (primary N) is 2. The van der Waals surface area contributed by atoms with Crippen molar-refractivity contribution in [2.75, 3.05) is 6.61 Å². The van der Waals surface area contributed by atoms with E-state index in [-0.39, 0.29) is 36.8 Å². The molecule has 0 radical (unpaired) electrons. The molecule has 12 nitrogen and oxygen atoms in total. The van der Waals surface area contributed by atoms with Crippen LogP contribution in [0.4, 0.5) is 5.69 Å². The Labute approximate surface area is 165 Å². The second-order valence-electron chi connectivity index (χ2n) is 5.97. The van der Waals surface area contributed by atoms with Crippen molar-refractivity contribution in [2.24, 2.45) is 16.6 Å². The number of amides is 1. The van der Waals surface area contributed by atoms with Gasteiger partial charge in [-0.2, -0.15) is 5.10 Å². The molecular weight excluding hydrogens is 384 g/mol. The number of nitro groups is 1. The molecule has 0 saturated heterocycles. The fourth-order valence-corrected chi connectivity index (χ4v) is 2.44. The van der Waals surface area contributed by atoms with E-state index in [0.717, 1.165) is 0 Å². The van der Waals surface area contributed by atoms with Gasteiger partial charge >= 0.3 is 11.7 Å². The summed E-state index contributed by atoms with van der Waals surface area (Å²) in [5.41, 5.74) is 11.8. The quantitative estimate of drug-likeness (QED) is 0.200. The molecule has 0 spiro atoms. The van der Waals surface area contributed by atoms with Crippen molar-refractivity contribution < 1.29 is 24.1 Å². The number of amidine groups is 1. The average Bonchev–Trinajstić information content (AvgIpc) is 2.96. The van der Waals surface area contributed by atoms with Gasteiger partial charge in [0.15, 0.2) is 12.4 Å². The number of rotatable bonds is 9. The first-order valence-electron chi connectivity index (χ1n) is 8.42. The summed E-state index contributed by atoms with van der Waals surface area (Å²) in [6.45, 7) is 2.92. The monoisotopic (exact) mass is 404 g/mol. The third kappa shape index (κ3) is 5.76. The number of carbonyl (C=O) groups excluding carboxylic acids is 2. The van der Waals surface area contributed by atoms with Crippen molar-refractivity contribution in [3.8, 4) is 5.75 Å². The molecule has 0 atom stereocenters. The van der Waals surface area contributed by atoms with Gasteiger partial charge in [0.05, 0.1) is 17.9 Å². The van der Waals surface area contributed by atoms with Crippen molar-refractivity contribution in [1.29, 1.82) is 0 Å². The molecule has 154 valence electrons. The first-order chi connectivity index (χ1) is 13.7. The topological polar surface area (TPSA) is 178 Å². The number of aromatic nitrogens is 2. The summed E-state index contributed by atoms with van der Waals surface area (Å²) < 4.78 is 6.49. The molecule has 2 rings (SSSR count). The highest BCUT2D eigenvalue weighted by molar-refractivity contribution is 5.97. The van der Waals surface area contributed by atoms with E-state index in [1.807, 2.05) is 0 Å². The third-order valence-electron chi connectivity index (χ3n) is 3.83. The minimum atomic E-state index is -0.676. The summed E-state index contributed by atoms with van der Waals surface area (Å²) in [7, 11) is 0. The number of carbonyl (C=O) groups is 2. The molecule has 1 amide bonds. The Morgan fingerprint density at radius 3 is 2.45 bits per heavy atom. The van der Waals surface area contributed by atoms with Gasteiger partial charge in [-0.1, -0.05) is 5.16 Å². The molecule has 0 aliphatic heterocycles. The Hall–Kier alpha value is -3.96. The lowest BCUT2D eigenvalue weighted by Crippen LogP contribution is -2.20. The average molecular weight is 404 g/mol. The number of hydrogen-bond acceptors (Lipinski definition) is 8. The van der Waals surface area contributed by atoms with Gasteiger partial charge in [-0.3, -0.25) is 19.6 Å². The summed E-state index contributed by atoms with van der Waals surface area (Å²) in [4.78, 5) is 37.8. The molecule has 2 aromatic rings. The van der Waals surface area contributed by atoms with E-state index in [1.54, 1.807) is 31.2 Å². The molecule has 0 aliphatic carbocycles. The lowest BCUT2D eigenvalue weighted by molar-refractivity contribution is -0.386. The van der Waals surface area contributed by atoms with Crippen LogP contribution >= 0.6 is 0 Å². The van der Waals surface area contributed by atoms with E-state index in [2.05, 4.69) is 10.3 Å². The number of ether oxygens (including phenoxy) is 1. The highest BCUT2D eigenvalue weighted by Gasteiger charge is 2.22. The highest BCUT2D eigenvalue weighted by Crippen LogP contribution is 2.21. The first kappa shape index (κ1) is 21.3. The van der Waals surface area contributed by atoms with Gasteiger partial charge in [-0.25, -0.2) is 4.79 Å². The van der Waals surface area contributed by atoms with E-state index in [1.165, 1.54) is 11.6 Å². The molecule has 29 heavy (non-hydrogen) atoms. The summed E-state index contributed by atoms with van der Waals surface area (Å²) in [6.07, 6.45) is -0.101. The van der Waals surface area contributed by atoms with Crippen molar-refractivity contribution in [1.82, 2.24) is 9.78 Å². The van der Waals surface area contributed by atoms with Gasteiger partial charge in [0.2, 0.25) is 0 Å². The molecule has 0 bridgehead atoms. The number of nitrogens with zero attached hydrogens (tertiary/aromatic N) is 4. The molecule has 0 fully saturated rings. The fourth-order valence-electron chi connectivity index (χ4n) is 2.44. The molecular formula is C17H20N6O6. The maximum absolute atomic E-state index is 11.9. The zero-order valence-corrected chi connectivity index (χ0v) is 15.8. The number of oxime groups is 1. The van der Waals surface area contributed by atoms with E-state index in [4.69, 9.17) is 21.0 Å². The van der Waals surface area contributed by atoms with E-state index >= 15 is 0 Å². The Kier molecular flexibility index (Phi) is 6.85. The van der Waals surface area contributed by atoms with Gasteiger partial charge < -0.3 is 21.0 Å². The standard InChI is InChI=1S/C17H20N6O6/c1-10-16(23(26)27)11(2)22(20-10)8-7-15(25)29-21-17(19)12-3-5-13(6-4-12)28-9-14(18)24/h3-6H,7-9H2,1-2H3,(H2,18,24)(H2,19,21). The van der Waals surface area contributed by atoms with Crippen LogP contribution in [0.25, 0.3) is 0 Å². The minimum absolute atomic E-state index is 0.0402. The van der Waals surface area contributed by atoms with Crippen molar-refractivity contribution in [3.63, 3.8) is 0 Å². The Morgan fingerprint density at radius 1 is 1.24 bits per heavy atom. The zero-order valence-electron chi connectivity index (χ0n) is 15.8. The third-order valence-corrected chi connectivity index (χ3v) is 3.83. The lowest BCUT2D eigenvalue weighted by Gasteiger charge is -2.05. The van der Waals surface area contributed by atoms with Crippen LogP contribution in [0.3, 0.4) is 0 Å². The maximum atomic E-state index is 11.9. The number of primary amides is 1. The van der Waals surface area contributed by atoms with E-state index in [9.17, 15) is 19.7 Å². The van der Waals surface area contributed by atoms with E-state index < -0.39 is 16.8 Å². The van der Waals surface area contributed by atoms with Gasteiger partial charge in [-0.15, -0.1) is 0 Å². The van der Waals surface area contributed by atoms with Crippen LogP contribution < -0.4 is 16.2 Å². The molecule has 4 N–H and O–H groups in total. The van der Waals surface area contributed by atoms with Gasteiger partial charge in [0.1, 0.15) is 17.1 Å². The normalized spacial score (nSPS) is 11.2. The van der Waals surface area contributed by atoms with Crippen molar-refractivity contribution in [3.05, 3.63) is 51.3 Å². The lowest BCUT2D eigenvalue weighted by atomic mass is 10.2. The van der Waals surface area contributed by atoms with Gasteiger partial charge in [-0.05, 0) is 38.1 Å². The highest BCUT2D eigenvalue weighted by atomic mass is 16.7. The molecule has 1 heterocycles. The van der Waals surface area contributed by atoms with Crippen LogP contribution in [0.5, 0.6) is 5.75 Å². The number of benzene rings is 1. The minimum Gasteiger partial charge on any atom is -0.484 e. The summed E-state index contributed by atoms with van der Waals surface area (Å²) in [6, 6.07) is 6.24. The fraction of sp³-hybridized carbons (Fsp3) is 0.294. The summed E-state index contributed by atoms with van der Waals surface area (Å²) in [5, 5.41) is 18.6. The van der Waals surface area contributed by atoms with Crippen molar-refractivity contribution in [2.45, 2.75) is 26.8 Å².